The first-order valence-corrected chi connectivity index (χ1v) is 15.0. The van der Waals surface area contributed by atoms with Gasteiger partial charge >= 0.3 is 0 Å². The molecule has 2 aliphatic rings. The lowest BCUT2D eigenvalue weighted by atomic mass is 9.77. The highest BCUT2D eigenvalue weighted by molar-refractivity contribution is 5.96. The number of nitrogens with zero attached hydrogens (tertiary/aromatic N) is 1. The molecular weight excluding hydrogens is 536 g/mol. The quantitative estimate of drug-likeness (QED) is 0.275. The van der Waals surface area contributed by atoms with Gasteiger partial charge in [0.2, 0.25) is 11.8 Å². The molecule has 2 amide bonds. The summed E-state index contributed by atoms with van der Waals surface area (Å²) < 4.78 is 17.2. The van der Waals surface area contributed by atoms with Gasteiger partial charge in [-0.1, -0.05) is 50.8 Å². The number of aliphatic hydroxyl groups excluding tert-OH is 2. The summed E-state index contributed by atoms with van der Waals surface area (Å²) in [7, 11) is 3.20. The van der Waals surface area contributed by atoms with Crippen molar-refractivity contribution in [3.8, 4) is 17.2 Å². The molecule has 0 aromatic heterocycles. The minimum atomic E-state index is -1.06. The van der Waals surface area contributed by atoms with Crippen LogP contribution in [0.25, 0.3) is 0 Å². The van der Waals surface area contributed by atoms with Crippen molar-refractivity contribution in [1.82, 2.24) is 10.2 Å². The summed E-state index contributed by atoms with van der Waals surface area (Å²) in [5.41, 5.74) is 2.11. The van der Waals surface area contributed by atoms with E-state index in [1.54, 1.807) is 25.2 Å². The number of amides is 2. The summed E-state index contributed by atoms with van der Waals surface area (Å²) in [4.78, 5) is 28.9. The molecule has 1 heterocycles. The number of hydrogen-bond donors (Lipinski definition) is 3. The normalized spacial score (nSPS) is 20.5. The predicted octanol–water partition coefficient (Wildman–Crippen LogP) is 3.76. The lowest BCUT2D eigenvalue weighted by Crippen LogP contribution is -2.56. The van der Waals surface area contributed by atoms with Crippen molar-refractivity contribution >= 4 is 11.8 Å². The Kier molecular flexibility index (Phi) is 11.3. The Morgan fingerprint density at radius 3 is 2.57 bits per heavy atom. The highest BCUT2D eigenvalue weighted by Crippen LogP contribution is 2.47. The van der Waals surface area contributed by atoms with Crippen molar-refractivity contribution in [3.63, 3.8) is 0 Å². The lowest BCUT2D eigenvalue weighted by Gasteiger charge is -2.41. The summed E-state index contributed by atoms with van der Waals surface area (Å²) in [6.45, 7) is 2.35. The fourth-order valence-electron chi connectivity index (χ4n) is 5.97. The van der Waals surface area contributed by atoms with Gasteiger partial charge in [-0.2, -0.15) is 0 Å². The van der Waals surface area contributed by atoms with E-state index >= 15 is 0 Å². The average Bonchev–Trinajstić information content (AvgIpc) is 3.41. The van der Waals surface area contributed by atoms with Crippen molar-refractivity contribution < 1.29 is 34.0 Å². The fourth-order valence-corrected chi connectivity index (χ4v) is 5.97. The number of nitrogens with one attached hydrogen (secondary N) is 1. The van der Waals surface area contributed by atoms with Crippen LogP contribution in [0.15, 0.2) is 54.1 Å². The minimum absolute atomic E-state index is 0.0854. The number of hydrogen-bond acceptors (Lipinski definition) is 7. The van der Waals surface area contributed by atoms with Gasteiger partial charge in [-0.3, -0.25) is 9.59 Å². The summed E-state index contributed by atoms with van der Waals surface area (Å²) in [6.07, 6.45) is 5.76. The van der Waals surface area contributed by atoms with Crippen LogP contribution in [0.5, 0.6) is 17.2 Å². The average molecular weight is 581 g/mol. The molecule has 1 aliphatic carbocycles. The number of carbonyl (C=O) groups is 2. The third kappa shape index (κ3) is 7.07. The van der Waals surface area contributed by atoms with E-state index in [-0.39, 0.29) is 25.0 Å². The Hall–Kier alpha value is -3.56. The number of para-hydroxylation sites is 1. The number of carbonyl (C=O) groups excluding carboxylic acids is 2. The van der Waals surface area contributed by atoms with E-state index in [1.807, 2.05) is 42.5 Å². The van der Waals surface area contributed by atoms with E-state index in [9.17, 15) is 19.8 Å². The molecule has 0 saturated carbocycles. The maximum absolute atomic E-state index is 13.8. The molecule has 1 aliphatic heterocycles. The maximum atomic E-state index is 13.8. The van der Waals surface area contributed by atoms with Crippen LogP contribution in [-0.4, -0.2) is 79.1 Å². The van der Waals surface area contributed by atoms with Gasteiger partial charge in [-0.05, 0) is 48.7 Å². The summed E-state index contributed by atoms with van der Waals surface area (Å²) in [5, 5.41) is 23.8. The molecular formula is C33H44N2O7. The number of rotatable bonds is 15. The number of unbranched alkanes of at least 4 members (excludes halogenated alkanes) is 4. The molecule has 2 aromatic rings. The molecule has 9 nitrogen and oxygen atoms in total. The minimum Gasteiger partial charge on any atom is -0.497 e. The summed E-state index contributed by atoms with van der Waals surface area (Å²) >= 11 is 0. The smallest absolute Gasteiger partial charge is 0.247 e. The topological polar surface area (TPSA) is 118 Å². The van der Waals surface area contributed by atoms with Crippen LogP contribution in [0.3, 0.4) is 0 Å². The first-order valence-electron chi connectivity index (χ1n) is 15.0. The van der Waals surface area contributed by atoms with Crippen LogP contribution < -0.4 is 19.5 Å². The van der Waals surface area contributed by atoms with Gasteiger partial charge in [0.1, 0.15) is 29.5 Å². The van der Waals surface area contributed by atoms with Crippen molar-refractivity contribution in [3.05, 3.63) is 65.2 Å². The molecule has 0 fully saturated rings. The number of ether oxygens (including phenoxy) is 3. The Morgan fingerprint density at radius 2 is 1.83 bits per heavy atom. The van der Waals surface area contributed by atoms with Crippen LogP contribution in [0.1, 0.15) is 62.5 Å². The molecule has 2 aromatic carbocycles. The van der Waals surface area contributed by atoms with Gasteiger partial charge in [0.05, 0.1) is 32.8 Å². The van der Waals surface area contributed by atoms with Gasteiger partial charge in [0.25, 0.3) is 0 Å². The summed E-state index contributed by atoms with van der Waals surface area (Å²) in [5.74, 6) is 1.05. The van der Waals surface area contributed by atoms with Crippen LogP contribution in [0, 0.1) is 0 Å². The van der Waals surface area contributed by atoms with Gasteiger partial charge < -0.3 is 34.6 Å². The predicted molar refractivity (Wildman–Crippen MR) is 160 cm³/mol. The molecule has 42 heavy (non-hydrogen) atoms. The first-order chi connectivity index (χ1) is 20.4. The monoisotopic (exact) mass is 580 g/mol. The highest BCUT2D eigenvalue weighted by atomic mass is 16.5. The maximum Gasteiger partial charge on any atom is 0.247 e. The molecule has 0 radical (unpaired) electrons. The molecule has 4 atom stereocenters. The third-order valence-electron chi connectivity index (χ3n) is 8.16. The van der Waals surface area contributed by atoms with Crippen molar-refractivity contribution in [2.24, 2.45) is 0 Å². The number of fused-ring (bicyclic) bond motifs is 3. The van der Waals surface area contributed by atoms with Crippen molar-refractivity contribution in [1.29, 1.82) is 0 Å². The third-order valence-corrected chi connectivity index (χ3v) is 8.16. The van der Waals surface area contributed by atoms with E-state index in [1.165, 1.54) is 0 Å². The van der Waals surface area contributed by atoms with Crippen LogP contribution >= 0.6 is 0 Å². The highest BCUT2D eigenvalue weighted by Gasteiger charge is 2.50. The van der Waals surface area contributed by atoms with Crippen molar-refractivity contribution in [2.45, 2.75) is 76.0 Å². The first kappa shape index (κ1) is 31.4. The Morgan fingerprint density at radius 1 is 1.05 bits per heavy atom. The lowest BCUT2D eigenvalue weighted by molar-refractivity contribution is -0.137. The standard InChI is InChI=1S/C33H44N2O7/c1-4-5-6-7-8-13-29(37)35(18-16-22-20-23(40-2)14-15-27(22)41-3)26-21-25(33(39)34-17-19-36)30-24-11-9-10-12-28(24)42-32(30)31(26)38/h9-12,14-15,20-21,26,30-32,36,38H,4-8,13,16-19H2,1-3H3,(H,34,39)/t26-,30+,31+,32+/m1/s1. The second kappa shape index (κ2) is 15.1. The Balaban J connectivity index is 1.67. The second-order valence-electron chi connectivity index (χ2n) is 10.9. The SMILES string of the molecule is CCCCCCCC(=O)N(CCc1cc(OC)ccc1OC)[C@@H]1C=C(C(=O)NCCO)[C@@H]2c3ccccc3O[C@@H]2[C@H]1O. The van der Waals surface area contributed by atoms with Crippen molar-refractivity contribution in [2.75, 3.05) is 33.9 Å². The summed E-state index contributed by atoms with van der Waals surface area (Å²) in [6, 6.07) is 12.2. The molecule has 3 N–H and O–H groups in total. The van der Waals surface area contributed by atoms with E-state index in [4.69, 9.17) is 14.2 Å². The second-order valence-corrected chi connectivity index (χ2v) is 10.9. The number of aliphatic hydroxyl groups is 2. The zero-order valence-electron chi connectivity index (χ0n) is 24.9. The van der Waals surface area contributed by atoms with E-state index in [0.29, 0.717) is 42.2 Å². The molecule has 0 spiro atoms. The molecule has 9 heteroatoms. The zero-order chi connectivity index (χ0) is 30.1. The molecule has 0 bridgehead atoms. The van der Waals surface area contributed by atoms with E-state index in [2.05, 4.69) is 12.2 Å². The Labute approximate surface area is 248 Å². The zero-order valence-corrected chi connectivity index (χ0v) is 24.9. The fraction of sp³-hybridized carbons (Fsp3) is 0.515. The van der Waals surface area contributed by atoms with Gasteiger partial charge in [0.15, 0.2) is 0 Å². The van der Waals surface area contributed by atoms with Gasteiger partial charge in [0, 0.05) is 30.6 Å². The van der Waals surface area contributed by atoms with Crippen LogP contribution in [0.4, 0.5) is 0 Å². The van der Waals surface area contributed by atoms with Crippen LogP contribution in [-0.2, 0) is 16.0 Å². The van der Waals surface area contributed by atoms with E-state index in [0.717, 1.165) is 43.2 Å². The molecule has 228 valence electrons. The Bertz CT molecular complexity index is 1250. The largest absolute Gasteiger partial charge is 0.497 e. The number of benzene rings is 2. The van der Waals surface area contributed by atoms with Crippen LogP contribution in [0.2, 0.25) is 0 Å². The van der Waals surface area contributed by atoms with E-state index < -0.39 is 24.2 Å². The molecule has 0 saturated heterocycles. The molecule has 4 rings (SSSR count). The van der Waals surface area contributed by atoms with Gasteiger partial charge in [-0.15, -0.1) is 0 Å². The molecule has 0 unspecified atom stereocenters. The van der Waals surface area contributed by atoms with Gasteiger partial charge in [-0.25, -0.2) is 0 Å². The number of methoxy groups -OCH3 is 2.